The Kier molecular flexibility index (Phi) is 47.5. The van der Waals surface area contributed by atoms with Gasteiger partial charge in [-0.05, 0) is 0 Å². The summed E-state index contributed by atoms with van der Waals surface area (Å²) in [5.41, 5.74) is 6.69. The fourth-order valence-corrected chi connectivity index (χ4v) is 1.07. The van der Waals surface area contributed by atoms with E-state index in [0.717, 1.165) is 9.52 Å². The Morgan fingerprint density at radius 3 is 1.80 bits per heavy atom. The minimum atomic E-state index is -0.250. The van der Waals surface area contributed by atoms with Crippen LogP contribution in [0.5, 0.6) is 0 Å². The molecule has 0 aliphatic carbocycles. The van der Waals surface area contributed by atoms with Crippen LogP contribution in [0.2, 0.25) is 13.1 Å². The average Bonchev–Trinajstić information content (AvgIpc) is 2.89. The van der Waals surface area contributed by atoms with Gasteiger partial charge in [-0.1, -0.05) is 46.5 Å². The van der Waals surface area contributed by atoms with E-state index >= 15 is 0 Å². The number of aliphatic hydroxyl groups excluding tert-OH is 1. The van der Waals surface area contributed by atoms with Crippen LogP contribution in [0, 0.1) is 14.4 Å². The van der Waals surface area contributed by atoms with Crippen molar-refractivity contribution < 1.29 is 28.4 Å². The second-order valence-corrected chi connectivity index (χ2v) is 6.13. The van der Waals surface area contributed by atoms with Gasteiger partial charge in [0.15, 0.2) is 0 Å². The number of fused-ring (bicyclic) bond motifs is 1. The third-order valence-electron chi connectivity index (χ3n) is 1.55. The first-order chi connectivity index (χ1) is 10.3. The van der Waals surface area contributed by atoms with E-state index in [0.29, 0.717) is 0 Å². The van der Waals surface area contributed by atoms with Gasteiger partial charge in [0, 0.05) is 9.52 Å². The maximum absolute atomic E-state index is 7.46. The molecule has 0 aliphatic heterocycles. The Balaban J connectivity index is -0.0000000499. The summed E-state index contributed by atoms with van der Waals surface area (Å²) in [6.07, 6.45) is 0. The molecule has 2 N–H and O–H groups in total. The van der Waals surface area contributed by atoms with Crippen LogP contribution in [0.3, 0.4) is 0 Å². The molecule has 25 heavy (non-hydrogen) atoms. The SMILES string of the molecule is CC(C)(C)[NH-].C[Si]C.Cl.Cl.[CH2-]CO.[CH3-].[Si]=[Zr].c1ccc2[cH-]ccc2c1. The Labute approximate surface area is 187 Å². The van der Waals surface area contributed by atoms with Gasteiger partial charge in [0.25, 0.3) is 0 Å². The molecule has 0 bridgehead atoms. The van der Waals surface area contributed by atoms with Crippen molar-refractivity contribution in [3.05, 3.63) is 62.5 Å². The van der Waals surface area contributed by atoms with Gasteiger partial charge in [-0.2, -0.15) is 17.5 Å². The second kappa shape index (κ2) is 29.4. The standard InChI is InChI=1S/C9H7.C4H10N.C2H5O.C2H6Si.CH3.2ClH.Si.Zr/c1-2-5-9-7-3-6-8(9)4-1;1-4(2,3)5;1-2-3;1-3-2;;;;;/h1-7H;5H,1-3H3;3H,1-2H2;1-2H3;1H3;2*1H;;/q3*-1;;-1;;;;. The van der Waals surface area contributed by atoms with Crippen LogP contribution < -0.4 is 0 Å². The Morgan fingerprint density at radius 2 is 1.48 bits per heavy atom. The van der Waals surface area contributed by atoms with Crippen LogP contribution >= 0.6 is 24.8 Å². The van der Waals surface area contributed by atoms with Crippen LogP contribution in [0.1, 0.15) is 20.8 Å². The Hall–Kier alpha value is 0.647. The predicted octanol–water partition coefficient (Wildman–Crippen LogP) is 5.91. The number of hydrogen-bond donors (Lipinski definition) is 1. The number of aliphatic hydroxyl groups is 1. The fourth-order valence-electron chi connectivity index (χ4n) is 1.07. The predicted molar refractivity (Wildman–Crippen MR) is 120 cm³/mol. The first-order valence-corrected chi connectivity index (χ1v) is 13.1. The zero-order chi connectivity index (χ0) is 18.0. The molecule has 0 saturated carbocycles. The number of rotatable bonds is 0. The average molecular weight is 498 g/mol. The van der Waals surface area contributed by atoms with Crippen LogP contribution in [-0.2, 0) is 23.3 Å². The van der Waals surface area contributed by atoms with Gasteiger partial charge in [0.05, 0.1) is 0 Å². The molecule has 0 unspecified atom stereocenters. The largest absolute Gasteiger partial charge is 0.168 e. The van der Waals surface area contributed by atoms with Gasteiger partial charge >= 0.3 is 30.2 Å². The summed E-state index contributed by atoms with van der Waals surface area (Å²) in [5.74, 6) is 0. The van der Waals surface area contributed by atoms with Crippen molar-refractivity contribution in [2.45, 2.75) is 39.4 Å². The third kappa shape index (κ3) is 40.6. The summed E-state index contributed by atoms with van der Waals surface area (Å²) in [6, 6.07) is 14.7. The number of benzene rings is 1. The maximum atomic E-state index is 7.46. The molecule has 7 heteroatoms. The maximum Gasteiger partial charge on any atom is -0.0809 e. The molecule has 146 valence electrons. The van der Waals surface area contributed by atoms with Crippen LogP contribution in [0.15, 0.2) is 42.5 Å². The first-order valence-electron chi connectivity index (χ1n) is 6.89. The summed E-state index contributed by atoms with van der Waals surface area (Å²) in [7, 11) is 1.08. The van der Waals surface area contributed by atoms with Gasteiger partial charge in [-0.3, -0.25) is 0 Å². The van der Waals surface area contributed by atoms with E-state index in [1.165, 1.54) is 34.1 Å². The first kappa shape index (κ1) is 40.4. The van der Waals surface area contributed by atoms with E-state index < -0.39 is 0 Å². The quantitative estimate of drug-likeness (QED) is 0.357. The normalized spacial score (nSPS) is 7.64. The Bertz CT molecular complexity index is 414. The molecule has 0 atom stereocenters. The van der Waals surface area contributed by atoms with Gasteiger partial charge in [0.1, 0.15) is 0 Å². The zero-order valence-electron chi connectivity index (χ0n) is 16.2. The summed E-state index contributed by atoms with van der Waals surface area (Å²) in [6.45, 7) is 16.0. The van der Waals surface area contributed by atoms with Gasteiger partial charge < -0.3 is 25.2 Å². The fraction of sp³-hybridized carbons (Fsp3) is 0.389. The molecule has 2 rings (SSSR count). The molecule has 2 nitrogen and oxygen atoms in total. The monoisotopic (exact) mass is 495 g/mol. The molecule has 0 fully saturated rings. The summed E-state index contributed by atoms with van der Waals surface area (Å²) in [4.78, 5) is 0. The van der Waals surface area contributed by atoms with E-state index in [1.54, 1.807) is 0 Å². The van der Waals surface area contributed by atoms with Crippen molar-refractivity contribution in [1.29, 1.82) is 0 Å². The third-order valence-corrected chi connectivity index (χ3v) is 1.55. The van der Waals surface area contributed by atoms with E-state index in [1.807, 2.05) is 20.8 Å². The van der Waals surface area contributed by atoms with E-state index in [9.17, 15) is 0 Å². The van der Waals surface area contributed by atoms with Crippen molar-refractivity contribution in [2.24, 2.45) is 0 Å². The van der Waals surface area contributed by atoms with Crippen molar-refractivity contribution in [3.63, 3.8) is 0 Å². The molecule has 2 aromatic rings. The minimum Gasteiger partial charge on any atom is -0.168 e. The summed E-state index contributed by atoms with van der Waals surface area (Å²) >= 11 is 1.36. The zero-order valence-corrected chi connectivity index (χ0v) is 22.3. The summed E-state index contributed by atoms with van der Waals surface area (Å²) in [5, 5.41) is 10.1. The summed E-state index contributed by atoms with van der Waals surface area (Å²) < 4.78 is 0. The Morgan fingerprint density at radius 1 is 1.16 bits per heavy atom. The van der Waals surface area contributed by atoms with Gasteiger partial charge in [0.2, 0.25) is 0 Å². The molecule has 4 radical (unpaired) electrons. The number of hydrogen-bond acceptors (Lipinski definition) is 1. The van der Waals surface area contributed by atoms with E-state index in [-0.39, 0.29) is 44.4 Å². The topological polar surface area (TPSA) is 44.0 Å². The van der Waals surface area contributed by atoms with Crippen molar-refractivity contribution in [3.8, 4) is 0 Å². The molecular weight excluding hydrogens is 465 g/mol. The van der Waals surface area contributed by atoms with Gasteiger partial charge in [-0.15, -0.1) is 60.0 Å². The van der Waals surface area contributed by atoms with Crippen LogP contribution in [0.4, 0.5) is 0 Å². The number of halogens is 2. The molecule has 2 aromatic carbocycles. The van der Waals surface area contributed by atoms with E-state index in [4.69, 9.17) is 10.8 Å². The second-order valence-electron chi connectivity index (χ2n) is 5.13. The number of nitrogens with one attached hydrogen (secondary N) is 1. The minimum absolute atomic E-state index is 0. The molecule has 0 aliphatic rings. The van der Waals surface area contributed by atoms with Crippen LogP contribution in [-0.4, -0.2) is 33.7 Å². The molecule has 0 spiro atoms. The molecular formula is C18H33Cl2NOSi2Zr-4. The molecule has 0 aromatic heterocycles. The van der Waals surface area contributed by atoms with Crippen molar-refractivity contribution in [1.82, 2.24) is 0 Å². The van der Waals surface area contributed by atoms with E-state index in [2.05, 4.69) is 69.4 Å². The molecule has 0 amide bonds. The van der Waals surface area contributed by atoms with Crippen molar-refractivity contribution >= 4 is 52.0 Å². The van der Waals surface area contributed by atoms with Crippen LogP contribution in [0.25, 0.3) is 16.5 Å². The van der Waals surface area contributed by atoms with Crippen molar-refractivity contribution in [2.75, 3.05) is 6.61 Å². The molecule has 0 heterocycles. The van der Waals surface area contributed by atoms with Gasteiger partial charge in [-0.25, -0.2) is 0 Å². The smallest absolute Gasteiger partial charge is 0.0809 e. The molecule has 0 saturated heterocycles.